The number of benzene rings is 2. The highest BCUT2D eigenvalue weighted by atomic mass is 32.2. The Morgan fingerprint density at radius 3 is 2.13 bits per heavy atom. The zero-order valence-corrected chi connectivity index (χ0v) is 20.0. The summed E-state index contributed by atoms with van der Waals surface area (Å²) < 4.78 is 19.0. The van der Waals surface area contributed by atoms with Crippen LogP contribution >= 0.6 is 11.8 Å². The van der Waals surface area contributed by atoms with Gasteiger partial charge >= 0.3 is 0 Å². The Kier molecular flexibility index (Phi) is 7.50. The van der Waals surface area contributed by atoms with E-state index in [1.165, 1.54) is 17.8 Å². The van der Waals surface area contributed by atoms with E-state index in [9.17, 15) is 9.50 Å². The van der Waals surface area contributed by atoms with Gasteiger partial charge in [0.1, 0.15) is 11.6 Å². The van der Waals surface area contributed by atoms with Gasteiger partial charge in [0.2, 0.25) is 0 Å². The summed E-state index contributed by atoms with van der Waals surface area (Å²) in [6, 6.07) is 14.7. The van der Waals surface area contributed by atoms with Crippen LogP contribution in [0.25, 0.3) is 5.57 Å². The Hall–Kier alpha value is -2.24. The third-order valence-corrected chi connectivity index (χ3v) is 6.82. The van der Waals surface area contributed by atoms with Crippen molar-refractivity contribution < 1.29 is 14.2 Å². The third kappa shape index (κ3) is 4.83. The average Bonchev–Trinajstić information content (AvgIpc) is 2.74. The van der Waals surface area contributed by atoms with Crippen molar-refractivity contribution in [2.75, 3.05) is 20.8 Å². The van der Waals surface area contributed by atoms with Crippen molar-refractivity contribution in [3.63, 3.8) is 0 Å². The van der Waals surface area contributed by atoms with Crippen molar-refractivity contribution in [1.29, 1.82) is 0 Å². The Bertz CT molecular complexity index is 962. The average molecular weight is 442 g/mol. The van der Waals surface area contributed by atoms with Gasteiger partial charge in [-0.2, -0.15) is 0 Å². The van der Waals surface area contributed by atoms with Crippen molar-refractivity contribution in [1.82, 2.24) is 4.90 Å². The lowest BCUT2D eigenvalue weighted by molar-refractivity contribution is 0.220. The van der Waals surface area contributed by atoms with Crippen molar-refractivity contribution >= 4 is 17.3 Å². The molecule has 0 saturated carbocycles. The molecular weight excluding hydrogens is 409 g/mol. The highest BCUT2D eigenvalue weighted by molar-refractivity contribution is 8.03. The van der Waals surface area contributed by atoms with E-state index < -0.39 is 0 Å². The van der Waals surface area contributed by atoms with Gasteiger partial charge in [-0.3, -0.25) is 0 Å². The van der Waals surface area contributed by atoms with Gasteiger partial charge in [0.25, 0.3) is 0 Å². The van der Waals surface area contributed by atoms with Gasteiger partial charge in [-0.25, -0.2) is 4.39 Å². The lowest BCUT2D eigenvalue weighted by atomic mass is 9.83. The van der Waals surface area contributed by atoms with E-state index in [1.807, 2.05) is 36.4 Å². The first-order chi connectivity index (χ1) is 14.8. The second-order valence-corrected chi connectivity index (χ2v) is 9.60. The Balaban J connectivity index is 2.25. The van der Waals surface area contributed by atoms with E-state index in [-0.39, 0.29) is 24.4 Å². The number of aliphatic hydroxyl groups is 1. The van der Waals surface area contributed by atoms with E-state index in [0.29, 0.717) is 5.92 Å². The van der Waals surface area contributed by atoms with E-state index >= 15 is 0 Å². The molecule has 3 rings (SSSR count). The number of likely N-dealkylation sites (N-methyl/N-ethyl adjacent to an activating group) is 1. The Morgan fingerprint density at radius 1 is 1.03 bits per heavy atom. The van der Waals surface area contributed by atoms with Crippen LogP contribution < -0.4 is 4.74 Å². The number of thioether (sulfide) groups is 1. The number of nitrogens with zero attached hydrogens (tertiary/aromatic N) is 1. The van der Waals surface area contributed by atoms with Crippen LogP contribution in [0.3, 0.4) is 0 Å². The Morgan fingerprint density at radius 2 is 1.65 bits per heavy atom. The molecule has 0 aromatic heterocycles. The van der Waals surface area contributed by atoms with Gasteiger partial charge in [-0.1, -0.05) is 51.6 Å². The van der Waals surface area contributed by atoms with Crippen LogP contribution in [0, 0.1) is 17.7 Å². The van der Waals surface area contributed by atoms with Crippen molar-refractivity contribution in [2.45, 2.75) is 38.6 Å². The molecule has 0 aliphatic carbocycles. The number of methoxy groups -OCH3 is 1. The zero-order chi connectivity index (χ0) is 22.7. The Labute approximate surface area is 189 Å². The van der Waals surface area contributed by atoms with Crippen molar-refractivity contribution in [2.24, 2.45) is 11.8 Å². The second-order valence-electron chi connectivity index (χ2n) is 8.51. The summed E-state index contributed by atoms with van der Waals surface area (Å²) in [6.45, 7) is 8.71. The predicted octanol–water partition coefficient (Wildman–Crippen LogP) is 6.21. The maximum absolute atomic E-state index is 13.7. The third-order valence-electron chi connectivity index (χ3n) is 5.70. The van der Waals surface area contributed by atoms with E-state index in [4.69, 9.17) is 4.74 Å². The van der Waals surface area contributed by atoms with Crippen LogP contribution in [0.4, 0.5) is 4.39 Å². The van der Waals surface area contributed by atoms with E-state index in [1.54, 1.807) is 18.9 Å². The first-order valence-corrected chi connectivity index (χ1v) is 11.5. The molecule has 1 N–H and O–H groups in total. The van der Waals surface area contributed by atoms with Gasteiger partial charge in [0, 0.05) is 28.1 Å². The number of hydrogen-bond donors (Lipinski definition) is 1. The zero-order valence-electron chi connectivity index (χ0n) is 19.1. The quantitative estimate of drug-likeness (QED) is 0.554. The molecule has 3 nitrogen and oxygen atoms in total. The van der Waals surface area contributed by atoms with Gasteiger partial charge < -0.3 is 14.7 Å². The molecule has 2 aromatic rings. The number of allylic oxidation sites excluding steroid dienone is 2. The standard InChI is InChI=1S/C26H32FNO2S/c1-16(2)24-22(15-29)23(18-7-9-19(27)10-8-18)26(25(17(3)4)28(24)5)31-21-13-11-20(30-6)12-14-21/h7-14,16-17,24,29H,15H2,1-6H3. The molecule has 1 aliphatic heterocycles. The molecule has 1 unspecified atom stereocenters. The van der Waals surface area contributed by atoms with Crippen LogP contribution in [0.2, 0.25) is 0 Å². The minimum Gasteiger partial charge on any atom is -0.497 e. The molecule has 0 radical (unpaired) electrons. The normalized spacial score (nSPS) is 17.2. The van der Waals surface area contributed by atoms with Crippen LogP contribution in [0.5, 0.6) is 5.75 Å². The number of halogens is 1. The summed E-state index contributed by atoms with van der Waals surface area (Å²) in [4.78, 5) is 4.51. The van der Waals surface area contributed by atoms with Gasteiger partial charge in [0.15, 0.2) is 0 Å². The highest BCUT2D eigenvalue weighted by Crippen LogP contribution is 2.48. The molecule has 2 aromatic carbocycles. The highest BCUT2D eigenvalue weighted by Gasteiger charge is 2.36. The molecule has 0 spiro atoms. The maximum atomic E-state index is 13.7. The fraction of sp³-hybridized carbons (Fsp3) is 0.385. The van der Waals surface area contributed by atoms with Gasteiger partial charge in [-0.05, 0) is 59.4 Å². The number of hydrogen-bond acceptors (Lipinski definition) is 4. The topological polar surface area (TPSA) is 32.7 Å². The summed E-state index contributed by atoms with van der Waals surface area (Å²) in [7, 11) is 3.78. The summed E-state index contributed by atoms with van der Waals surface area (Å²) >= 11 is 1.68. The van der Waals surface area contributed by atoms with Crippen LogP contribution in [0.15, 0.2) is 69.6 Å². The lowest BCUT2D eigenvalue weighted by Gasteiger charge is -2.44. The first-order valence-electron chi connectivity index (χ1n) is 10.7. The maximum Gasteiger partial charge on any atom is 0.123 e. The smallest absolute Gasteiger partial charge is 0.123 e. The number of aliphatic hydroxyl groups excluding tert-OH is 1. The van der Waals surface area contributed by atoms with Crippen LogP contribution in [-0.2, 0) is 0 Å². The molecule has 1 aliphatic rings. The van der Waals surface area contributed by atoms with Crippen molar-refractivity contribution in [3.05, 3.63) is 76.1 Å². The van der Waals surface area contributed by atoms with Gasteiger partial charge in [0.05, 0.1) is 19.8 Å². The fourth-order valence-corrected chi connectivity index (χ4v) is 5.80. The molecule has 1 heterocycles. The summed E-state index contributed by atoms with van der Waals surface area (Å²) in [5, 5.41) is 10.5. The molecule has 0 saturated heterocycles. The monoisotopic (exact) mass is 441 g/mol. The lowest BCUT2D eigenvalue weighted by Crippen LogP contribution is -2.42. The molecule has 0 bridgehead atoms. The molecule has 31 heavy (non-hydrogen) atoms. The van der Waals surface area contributed by atoms with E-state index in [0.717, 1.165) is 32.3 Å². The largest absolute Gasteiger partial charge is 0.497 e. The molecule has 5 heteroatoms. The van der Waals surface area contributed by atoms with Crippen LogP contribution in [0.1, 0.15) is 33.3 Å². The SMILES string of the molecule is COc1ccc(SC2=C(C(C)C)N(C)C(C(C)C)C(CO)=C2c2ccc(F)cc2)cc1. The van der Waals surface area contributed by atoms with E-state index in [2.05, 4.69) is 39.6 Å². The second kappa shape index (κ2) is 9.92. The minimum absolute atomic E-state index is 0.0437. The first kappa shape index (κ1) is 23.4. The molecule has 166 valence electrons. The fourth-order valence-electron chi connectivity index (χ4n) is 4.46. The minimum atomic E-state index is -0.263. The van der Waals surface area contributed by atoms with Crippen LogP contribution in [-0.4, -0.2) is 36.8 Å². The van der Waals surface area contributed by atoms with Crippen molar-refractivity contribution in [3.8, 4) is 5.75 Å². The number of rotatable bonds is 7. The molecule has 0 fully saturated rings. The molecule has 0 amide bonds. The summed E-state index contributed by atoms with van der Waals surface area (Å²) in [5.41, 5.74) is 4.16. The summed E-state index contributed by atoms with van der Waals surface area (Å²) in [6.07, 6.45) is 0. The predicted molar refractivity (Wildman–Crippen MR) is 128 cm³/mol. The summed E-state index contributed by atoms with van der Waals surface area (Å²) in [5.74, 6) is 1.14. The molecular formula is C26H32FNO2S. The number of ether oxygens (including phenoxy) is 1. The van der Waals surface area contributed by atoms with Gasteiger partial charge in [-0.15, -0.1) is 0 Å². The molecule has 1 atom stereocenters.